The number of benzene rings is 1. The molecule has 1 saturated heterocycles. The molecule has 1 aromatic rings. The number of hydrogen-bond donors (Lipinski definition) is 0. The zero-order valence-corrected chi connectivity index (χ0v) is 16.0. The molecule has 1 fully saturated rings. The summed E-state index contributed by atoms with van der Waals surface area (Å²) < 4.78 is 30.3. The van der Waals surface area contributed by atoms with Gasteiger partial charge in [-0.25, -0.2) is 0 Å². The highest BCUT2D eigenvalue weighted by Gasteiger charge is 2.51. The Morgan fingerprint density at radius 3 is 2.30 bits per heavy atom. The Labute approximate surface area is 145 Å². The van der Waals surface area contributed by atoms with Crippen molar-refractivity contribution in [1.82, 2.24) is 0 Å². The van der Waals surface area contributed by atoms with Gasteiger partial charge in [0.05, 0.1) is 19.3 Å². The van der Waals surface area contributed by atoms with Crippen molar-refractivity contribution in [3.63, 3.8) is 0 Å². The number of carbonyl (C=O) groups is 1. The Bertz CT molecular complexity index is 579. The third-order valence-corrected chi connectivity index (χ3v) is 6.80. The molecule has 3 atom stereocenters. The second kappa shape index (κ2) is 7.93. The number of esters is 1. The average molecular weight is 405 g/mol. The fourth-order valence-electron chi connectivity index (χ4n) is 2.90. The summed E-state index contributed by atoms with van der Waals surface area (Å²) in [7, 11) is -3.60. The largest absolute Gasteiger partial charge is 0.462 e. The van der Waals surface area contributed by atoms with Gasteiger partial charge in [0.25, 0.3) is 0 Å². The monoisotopic (exact) mass is 404 g/mol. The van der Waals surface area contributed by atoms with E-state index in [0.29, 0.717) is 6.42 Å². The predicted molar refractivity (Wildman–Crippen MR) is 91.7 cm³/mol. The molecule has 0 aromatic heterocycles. The van der Waals surface area contributed by atoms with Crippen LogP contribution in [0.4, 0.5) is 0 Å². The van der Waals surface area contributed by atoms with Gasteiger partial charge in [-0.2, -0.15) is 0 Å². The van der Waals surface area contributed by atoms with Crippen LogP contribution in [0.15, 0.2) is 28.7 Å². The van der Waals surface area contributed by atoms with Crippen LogP contribution in [-0.4, -0.2) is 30.9 Å². The van der Waals surface area contributed by atoms with E-state index in [0.717, 1.165) is 10.0 Å². The summed E-state index contributed by atoms with van der Waals surface area (Å²) in [6.45, 7) is 5.73. The van der Waals surface area contributed by atoms with Crippen LogP contribution in [0.1, 0.15) is 38.7 Å². The van der Waals surface area contributed by atoms with Gasteiger partial charge in [0.1, 0.15) is 0 Å². The smallest absolute Gasteiger partial charge is 0.345 e. The molecule has 1 aromatic carbocycles. The molecule has 1 aliphatic heterocycles. The Morgan fingerprint density at radius 1 is 1.22 bits per heavy atom. The maximum atomic E-state index is 13.2. The van der Waals surface area contributed by atoms with Crippen LogP contribution in [0.2, 0.25) is 0 Å². The third-order valence-electron chi connectivity index (χ3n) is 3.78. The van der Waals surface area contributed by atoms with Crippen LogP contribution in [0, 0.1) is 0 Å². The van der Waals surface area contributed by atoms with Crippen LogP contribution in [-0.2, 0) is 23.1 Å². The summed E-state index contributed by atoms with van der Waals surface area (Å²) in [5.74, 6) is -0.773. The first-order chi connectivity index (χ1) is 10.9. The maximum Gasteiger partial charge on any atom is 0.345 e. The van der Waals surface area contributed by atoms with Gasteiger partial charge in [0.2, 0.25) is 0 Å². The van der Waals surface area contributed by atoms with Crippen molar-refractivity contribution in [3.05, 3.63) is 34.3 Å². The Kier molecular flexibility index (Phi) is 6.43. The Balaban J connectivity index is 2.43. The molecule has 0 amide bonds. The van der Waals surface area contributed by atoms with Crippen molar-refractivity contribution in [1.29, 1.82) is 0 Å². The molecule has 23 heavy (non-hydrogen) atoms. The lowest BCUT2D eigenvalue weighted by atomic mass is 9.88. The average Bonchev–Trinajstić information content (AvgIpc) is 2.47. The Hall–Kier alpha value is -0.680. The molecule has 5 nitrogen and oxygen atoms in total. The van der Waals surface area contributed by atoms with Gasteiger partial charge < -0.3 is 13.8 Å². The van der Waals surface area contributed by atoms with E-state index in [1.165, 1.54) is 0 Å². The molecule has 0 unspecified atom stereocenters. The zero-order valence-electron chi connectivity index (χ0n) is 13.5. The molecule has 1 aliphatic rings. The minimum Gasteiger partial charge on any atom is -0.462 e. The van der Waals surface area contributed by atoms with Gasteiger partial charge in [-0.3, -0.25) is 9.36 Å². The predicted octanol–water partition coefficient (Wildman–Crippen LogP) is 4.50. The molecule has 0 aliphatic carbocycles. The second-order valence-corrected chi connectivity index (χ2v) is 8.53. The van der Waals surface area contributed by atoms with E-state index >= 15 is 0 Å². The van der Waals surface area contributed by atoms with Crippen LogP contribution in [0.5, 0.6) is 0 Å². The van der Waals surface area contributed by atoms with Gasteiger partial charge in [0, 0.05) is 10.4 Å². The van der Waals surface area contributed by atoms with Gasteiger partial charge in [-0.15, -0.1) is 0 Å². The minimum absolute atomic E-state index is 0.212. The summed E-state index contributed by atoms with van der Waals surface area (Å²) in [5.41, 5.74) is 0.00102. The summed E-state index contributed by atoms with van der Waals surface area (Å²) in [6, 6.07) is 7.66. The first-order valence-electron chi connectivity index (χ1n) is 7.76. The normalized spacial score (nSPS) is 25.2. The number of halogens is 1. The van der Waals surface area contributed by atoms with Crippen molar-refractivity contribution in [2.45, 2.75) is 44.9 Å². The lowest BCUT2D eigenvalue weighted by molar-refractivity contribution is -0.153. The van der Waals surface area contributed by atoms with Crippen molar-refractivity contribution in [2.75, 3.05) is 13.2 Å². The number of hydrogen-bond acceptors (Lipinski definition) is 5. The van der Waals surface area contributed by atoms with E-state index in [1.54, 1.807) is 13.8 Å². The summed E-state index contributed by atoms with van der Waals surface area (Å²) in [6.07, 6.45) is 0.353. The molecule has 0 saturated carbocycles. The third kappa shape index (κ3) is 4.24. The van der Waals surface area contributed by atoms with E-state index in [-0.39, 0.29) is 25.2 Å². The van der Waals surface area contributed by atoms with E-state index in [2.05, 4.69) is 15.9 Å². The fraction of sp³-hybridized carbons (Fsp3) is 0.562. The van der Waals surface area contributed by atoms with Gasteiger partial charge in [-0.05, 0) is 44.9 Å². The van der Waals surface area contributed by atoms with E-state index in [1.807, 2.05) is 31.2 Å². The maximum absolute atomic E-state index is 13.2. The number of rotatable bonds is 6. The summed E-state index contributed by atoms with van der Waals surface area (Å²) >= 11 is 3.40. The van der Waals surface area contributed by atoms with Crippen LogP contribution < -0.4 is 0 Å². The van der Waals surface area contributed by atoms with Crippen molar-refractivity contribution in [2.24, 2.45) is 0 Å². The van der Waals surface area contributed by atoms with Crippen molar-refractivity contribution >= 4 is 29.5 Å². The molecule has 0 radical (unpaired) electrons. The molecule has 1 heterocycles. The molecule has 2 rings (SSSR count). The SMILES string of the molecule is CCOP(=O)(OCC)[C@H]1C(=O)O[C@@H](C)C[C@@H]1c1ccc(Br)cc1. The number of cyclic esters (lactones) is 1. The Morgan fingerprint density at radius 2 is 1.78 bits per heavy atom. The number of carbonyl (C=O) groups excluding carboxylic acids is 1. The van der Waals surface area contributed by atoms with E-state index < -0.39 is 19.2 Å². The molecule has 0 spiro atoms. The minimum atomic E-state index is -3.60. The first kappa shape index (κ1) is 18.7. The van der Waals surface area contributed by atoms with E-state index in [4.69, 9.17) is 13.8 Å². The lowest BCUT2D eigenvalue weighted by Gasteiger charge is -2.37. The summed E-state index contributed by atoms with van der Waals surface area (Å²) in [4.78, 5) is 12.5. The topological polar surface area (TPSA) is 61.8 Å². The van der Waals surface area contributed by atoms with Crippen LogP contribution in [0.25, 0.3) is 0 Å². The number of ether oxygens (including phenoxy) is 1. The van der Waals surface area contributed by atoms with Gasteiger partial charge in [-0.1, -0.05) is 28.1 Å². The fourth-order valence-corrected chi connectivity index (χ4v) is 5.34. The molecule has 7 heteroatoms. The van der Waals surface area contributed by atoms with Gasteiger partial charge >= 0.3 is 13.6 Å². The zero-order chi connectivity index (χ0) is 17.0. The highest BCUT2D eigenvalue weighted by molar-refractivity contribution is 9.10. The van der Waals surface area contributed by atoms with Crippen LogP contribution >= 0.6 is 23.5 Å². The van der Waals surface area contributed by atoms with Crippen LogP contribution in [0.3, 0.4) is 0 Å². The quantitative estimate of drug-likeness (QED) is 0.515. The molecular formula is C16H22BrO5P. The first-order valence-corrected chi connectivity index (χ1v) is 10.2. The molecule has 128 valence electrons. The lowest BCUT2D eigenvalue weighted by Crippen LogP contribution is -2.40. The van der Waals surface area contributed by atoms with Gasteiger partial charge in [0.15, 0.2) is 5.66 Å². The standard InChI is InChI=1S/C16H22BrO5P/c1-4-20-23(19,21-5-2)15-14(10-11(3)22-16(15)18)12-6-8-13(17)9-7-12/h6-9,11,14-15H,4-5,10H2,1-3H3/t11-,14+,15+/m0/s1. The highest BCUT2D eigenvalue weighted by Crippen LogP contribution is 2.59. The molecule has 0 N–H and O–H groups in total. The van der Waals surface area contributed by atoms with Crippen molar-refractivity contribution in [3.8, 4) is 0 Å². The summed E-state index contributed by atoms with van der Waals surface area (Å²) in [5, 5.41) is 0. The van der Waals surface area contributed by atoms with E-state index in [9.17, 15) is 9.36 Å². The molecule has 0 bridgehead atoms. The second-order valence-electron chi connectivity index (χ2n) is 5.46. The highest BCUT2D eigenvalue weighted by atomic mass is 79.9. The van der Waals surface area contributed by atoms with Crippen molar-refractivity contribution < 1.29 is 23.1 Å². The molecular weight excluding hydrogens is 383 g/mol.